The van der Waals surface area contributed by atoms with Crippen molar-refractivity contribution < 1.29 is 4.79 Å². The van der Waals surface area contributed by atoms with Crippen molar-refractivity contribution in [2.45, 2.75) is 13.5 Å². The first-order valence-corrected chi connectivity index (χ1v) is 9.79. The van der Waals surface area contributed by atoms with E-state index >= 15 is 0 Å². The topological polar surface area (TPSA) is 46.9 Å². The number of benzene rings is 2. The van der Waals surface area contributed by atoms with Gasteiger partial charge in [-0.1, -0.05) is 42.5 Å². The summed E-state index contributed by atoms with van der Waals surface area (Å²) in [6.45, 7) is 2.67. The van der Waals surface area contributed by atoms with Crippen molar-refractivity contribution in [1.29, 1.82) is 0 Å². The summed E-state index contributed by atoms with van der Waals surface area (Å²) < 4.78 is 2.83. The van der Waals surface area contributed by atoms with E-state index in [-0.39, 0.29) is 5.91 Å². The van der Waals surface area contributed by atoms with Gasteiger partial charge >= 0.3 is 0 Å². The molecule has 26 heavy (non-hydrogen) atoms. The van der Waals surface area contributed by atoms with Crippen LogP contribution in [0, 0.1) is 6.92 Å². The number of fused-ring (bicyclic) bond motifs is 1. The minimum atomic E-state index is -0.108. The molecule has 0 saturated heterocycles. The monoisotopic (exact) mass is 425 g/mol. The maximum atomic E-state index is 12.7. The summed E-state index contributed by atoms with van der Waals surface area (Å²) in [5.74, 6) is -0.108. The van der Waals surface area contributed by atoms with E-state index in [9.17, 15) is 4.79 Å². The minimum Gasteiger partial charge on any atom is -0.320 e. The van der Waals surface area contributed by atoms with E-state index in [2.05, 4.69) is 38.5 Å². The zero-order valence-corrected chi connectivity index (χ0v) is 16.5. The molecule has 4 nitrogen and oxygen atoms in total. The quantitative estimate of drug-likeness (QED) is 0.471. The predicted molar refractivity (Wildman–Crippen MR) is 110 cm³/mol. The molecule has 0 aliphatic rings. The average molecular weight is 426 g/mol. The average Bonchev–Trinajstić information content (AvgIpc) is 3.20. The van der Waals surface area contributed by atoms with Gasteiger partial charge in [-0.2, -0.15) is 5.10 Å². The number of nitrogens with one attached hydrogen (secondary N) is 1. The third-order valence-electron chi connectivity index (χ3n) is 4.13. The third kappa shape index (κ3) is 3.30. The lowest BCUT2D eigenvalue weighted by Gasteiger charge is -2.05. The molecule has 6 heteroatoms. The number of para-hydroxylation sites is 1. The van der Waals surface area contributed by atoms with Gasteiger partial charge in [-0.3, -0.25) is 9.48 Å². The number of thiophene rings is 1. The Morgan fingerprint density at radius 2 is 1.88 bits per heavy atom. The summed E-state index contributed by atoms with van der Waals surface area (Å²) in [5, 5.41) is 8.62. The molecule has 2 heterocycles. The van der Waals surface area contributed by atoms with Crippen LogP contribution >= 0.6 is 27.3 Å². The Morgan fingerprint density at radius 1 is 1.15 bits per heavy atom. The van der Waals surface area contributed by atoms with Crippen molar-refractivity contribution in [2.75, 3.05) is 5.32 Å². The molecule has 130 valence electrons. The second-order valence-electron chi connectivity index (χ2n) is 5.99. The zero-order chi connectivity index (χ0) is 18.1. The summed E-state index contributed by atoms with van der Waals surface area (Å²) in [6, 6.07) is 19.7. The highest BCUT2D eigenvalue weighted by atomic mass is 79.9. The molecule has 2 aromatic heterocycles. The highest BCUT2D eigenvalue weighted by Crippen LogP contribution is 2.30. The summed E-state index contributed by atoms with van der Waals surface area (Å²) in [5.41, 5.74) is 2.88. The lowest BCUT2D eigenvalue weighted by molar-refractivity contribution is 0.103. The molecule has 0 radical (unpaired) electrons. The molecule has 0 fully saturated rings. The van der Waals surface area contributed by atoms with Crippen molar-refractivity contribution >= 4 is 49.1 Å². The summed E-state index contributed by atoms with van der Waals surface area (Å²) in [6.07, 6.45) is 0. The van der Waals surface area contributed by atoms with Gasteiger partial charge in [-0.15, -0.1) is 11.3 Å². The van der Waals surface area contributed by atoms with Gasteiger partial charge in [0, 0.05) is 9.86 Å². The fraction of sp³-hybridized carbons (Fsp3) is 0.100. The second kappa shape index (κ2) is 7.05. The Bertz CT molecular complexity index is 1090. The second-order valence-corrected chi connectivity index (χ2v) is 7.88. The van der Waals surface area contributed by atoms with Crippen molar-refractivity contribution in [2.24, 2.45) is 0 Å². The van der Waals surface area contributed by atoms with Crippen molar-refractivity contribution in [3.8, 4) is 0 Å². The largest absolute Gasteiger partial charge is 0.320 e. The van der Waals surface area contributed by atoms with Crippen molar-refractivity contribution in [3.63, 3.8) is 0 Å². The predicted octanol–water partition coefficient (Wildman–Crippen LogP) is 5.47. The van der Waals surface area contributed by atoms with Gasteiger partial charge in [0.25, 0.3) is 5.91 Å². The van der Waals surface area contributed by atoms with E-state index in [1.807, 2.05) is 60.1 Å². The number of hydrogen-bond acceptors (Lipinski definition) is 3. The van der Waals surface area contributed by atoms with Crippen LogP contribution in [0.2, 0.25) is 0 Å². The highest BCUT2D eigenvalue weighted by molar-refractivity contribution is 9.10. The molecule has 4 rings (SSSR count). The van der Waals surface area contributed by atoms with E-state index < -0.39 is 0 Å². The van der Waals surface area contributed by atoms with Gasteiger partial charge in [-0.25, -0.2) is 0 Å². The Hall–Kier alpha value is -2.44. The Kier molecular flexibility index (Phi) is 4.61. The van der Waals surface area contributed by atoms with Crippen LogP contribution in [0.5, 0.6) is 0 Å². The van der Waals surface area contributed by atoms with E-state index in [1.165, 1.54) is 16.9 Å². The van der Waals surface area contributed by atoms with Crippen LogP contribution in [0.25, 0.3) is 10.2 Å². The standard InChI is InChI=1S/C20H16BrN3OS/c1-13-15-11-18(19(25)22-17-10-6-5-9-16(17)21)26-20(15)24(23-13)12-14-7-3-2-4-8-14/h2-11H,12H2,1H3,(H,22,25). The SMILES string of the molecule is Cc1nn(Cc2ccccc2)c2sc(C(=O)Nc3ccccc3Br)cc12. The molecule has 0 atom stereocenters. The normalized spacial score (nSPS) is 11.0. The number of amides is 1. The molecular formula is C20H16BrN3OS. The van der Waals surface area contributed by atoms with Crippen LogP contribution in [-0.4, -0.2) is 15.7 Å². The molecule has 1 amide bonds. The first-order valence-electron chi connectivity index (χ1n) is 8.18. The van der Waals surface area contributed by atoms with Crippen molar-refractivity contribution in [3.05, 3.63) is 81.3 Å². The molecule has 0 aliphatic carbocycles. The third-order valence-corrected chi connectivity index (χ3v) is 5.97. The maximum Gasteiger partial charge on any atom is 0.265 e. The first-order chi connectivity index (χ1) is 12.6. The lowest BCUT2D eigenvalue weighted by atomic mass is 10.2. The number of aryl methyl sites for hydroxylation is 1. The molecule has 0 saturated carbocycles. The van der Waals surface area contributed by atoms with E-state index in [0.29, 0.717) is 11.4 Å². The fourth-order valence-corrected chi connectivity index (χ4v) is 4.27. The number of carbonyl (C=O) groups excluding carboxylic acids is 1. The van der Waals surface area contributed by atoms with Crippen LogP contribution in [0.4, 0.5) is 5.69 Å². The molecule has 0 bridgehead atoms. The van der Waals surface area contributed by atoms with Gasteiger partial charge in [0.05, 0.1) is 22.8 Å². The first kappa shape index (κ1) is 17.0. The summed E-state index contributed by atoms with van der Waals surface area (Å²) in [7, 11) is 0. The molecule has 1 N–H and O–H groups in total. The number of nitrogens with zero attached hydrogens (tertiary/aromatic N) is 2. The molecule has 0 unspecified atom stereocenters. The smallest absolute Gasteiger partial charge is 0.265 e. The minimum absolute atomic E-state index is 0.108. The number of halogens is 1. The van der Waals surface area contributed by atoms with E-state index in [0.717, 1.165) is 26.1 Å². The summed E-state index contributed by atoms with van der Waals surface area (Å²) >= 11 is 4.93. The number of rotatable bonds is 4. The molecule has 0 spiro atoms. The summed E-state index contributed by atoms with van der Waals surface area (Å²) in [4.78, 5) is 14.4. The molecule has 0 aliphatic heterocycles. The Labute approximate surface area is 163 Å². The van der Waals surface area contributed by atoms with Crippen LogP contribution in [0.3, 0.4) is 0 Å². The van der Waals surface area contributed by atoms with Crippen LogP contribution in [-0.2, 0) is 6.54 Å². The van der Waals surface area contributed by atoms with Crippen molar-refractivity contribution in [1.82, 2.24) is 9.78 Å². The zero-order valence-electron chi connectivity index (χ0n) is 14.1. The Balaban J connectivity index is 1.64. The number of hydrogen-bond donors (Lipinski definition) is 1. The molecule has 2 aromatic carbocycles. The Morgan fingerprint density at radius 3 is 2.65 bits per heavy atom. The fourth-order valence-electron chi connectivity index (χ4n) is 2.83. The number of aromatic nitrogens is 2. The van der Waals surface area contributed by atoms with Crippen LogP contribution in [0.15, 0.2) is 65.1 Å². The number of carbonyl (C=O) groups is 1. The van der Waals surface area contributed by atoms with Gasteiger partial charge < -0.3 is 5.32 Å². The lowest BCUT2D eigenvalue weighted by Crippen LogP contribution is -2.10. The van der Waals surface area contributed by atoms with Crippen LogP contribution in [0.1, 0.15) is 20.9 Å². The van der Waals surface area contributed by atoms with E-state index in [4.69, 9.17) is 0 Å². The highest BCUT2D eigenvalue weighted by Gasteiger charge is 2.17. The molecule has 4 aromatic rings. The van der Waals surface area contributed by atoms with E-state index in [1.54, 1.807) is 0 Å². The maximum absolute atomic E-state index is 12.7. The van der Waals surface area contributed by atoms with Gasteiger partial charge in [0.1, 0.15) is 4.83 Å². The molecular weight excluding hydrogens is 410 g/mol. The van der Waals surface area contributed by atoms with Gasteiger partial charge in [-0.05, 0) is 46.6 Å². The van der Waals surface area contributed by atoms with Gasteiger partial charge in [0.15, 0.2) is 0 Å². The van der Waals surface area contributed by atoms with Crippen LogP contribution < -0.4 is 5.32 Å². The number of anilines is 1. The van der Waals surface area contributed by atoms with Gasteiger partial charge in [0.2, 0.25) is 0 Å².